The van der Waals surface area contributed by atoms with Crippen LogP contribution in [0.2, 0.25) is 0 Å². The van der Waals surface area contributed by atoms with Crippen LogP contribution in [0.5, 0.6) is 11.6 Å². The highest BCUT2D eigenvalue weighted by atomic mass is 16.5. The van der Waals surface area contributed by atoms with E-state index in [1.807, 2.05) is 13.8 Å². The number of methoxy groups -OCH3 is 1. The predicted molar refractivity (Wildman–Crippen MR) is 92.8 cm³/mol. The van der Waals surface area contributed by atoms with Crippen molar-refractivity contribution in [3.8, 4) is 17.3 Å². The fraction of sp³-hybridized carbons (Fsp3) is 0.353. The van der Waals surface area contributed by atoms with Gasteiger partial charge in [-0.05, 0) is 30.2 Å². The number of nitrogens with one attached hydrogen (secondary N) is 1. The topological polar surface area (TPSA) is 96.7 Å². The molecule has 7 nitrogen and oxygen atoms in total. The largest absolute Gasteiger partial charge is 0.497 e. The number of H-pyrrole nitrogens is 1. The number of ether oxygens (including phenoxy) is 1. The fourth-order valence-corrected chi connectivity index (χ4v) is 2.08. The summed E-state index contributed by atoms with van der Waals surface area (Å²) in [5, 5.41) is 10.4. The van der Waals surface area contributed by atoms with Gasteiger partial charge in [-0.25, -0.2) is 9.36 Å². The van der Waals surface area contributed by atoms with Crippen molar-refractivity contribution < 1.29 is 9.84 Å². The van der Waals surface area contributed by atoms with Gasteiger partial charge in [0.25, 0.3) is 5.56 Å². The molecule has 0 bridgehead atoms. The molecule has 1 aromatic heterocycles. The molecule has 0 aliphatic rings. The molecule has 7 heteroatoms. The van der Waals surface area contributed by atoms with E-state index in [0.717, 1.165) is 11.0 Å². The van der Waals surface area contributed by atoms with E-state index in [1.54, 1.807) is 24.3 Å². The number of aliphatic imine (C=N–C) groups is 1. The number of benzene rings is 1. The van der Waals surface area contributed by atoms with Crippen molar-refractivity contribution in [3.63, 3.8) is 0 Å². The number of aromatic nitrogens is 2. The monoisotopic (exact) mass is 331 g/mol. The van der Waals surface area contributed by atoms with Crippen molar-refractivity contribution in [1.29, 1.82) is 0 Å². The van der Waals surface area contributed by atoms with E-state index in [4.69, 9.17) is 4.74 Å². The molecule has 0 amide bonds. The van der Waals surface area contributed by atoms with E-state index < -0.39 is 17.1 Å². The third-order valence-corrected chi connectivity index (χ3v) is 3.79. The first-order valence-corrected chi connectivity index (χ1v) is 7.70. The maximum atomic E-state index is 12.1. The second-order valence-electron chi connectivity index (χ2n) is 5.54. The van der Waals surface area contributed by atoms with Gasteiger partial charge in [0, 0.05) is 12.8 Å². The zero-order valence-electron chi connectivity index (χ0n) is 13.9. The van der Waals surface area contributed by atoms with Crippen LogP contribution in [0.15, 0.2) is 38.8 Å². The quantitative estimate of drug-likeness (QED) is 0.787. The van der Waals surface area contributed by atoms with Gasteiger partial charge < -0.3 is 9.84 Å². The molecule has 0 spiro atoms. The summed E-state index contributed by atoms with van der Waals surface area (Å²) in [6.45, 7) is 4.63. The van der Waals surface area contributed by atoms with E-state index in [-0.39, 0.29) is 5.56 Å². The minimum atomic E-state index is -0.721. The first-order chi connectivity index (χ1) is 11.5. The average Bonchev–Trinajstić information content (AvgIpc) is 2.57. The van der Waals surface area contributed by atoms with Crippen molar-refractivity contribution >= 4 is 6.21 Å². The third kappa shape index (κ3) is 3.73. The summed E-state index contributed by atoms with van der Waals surface area (Å²) in [6, 6.07) is 6.53. The van der Waals surface area contributed by atoms with Gasteiger partial charge in [-0.15, -0.1) is 0 Å². The highest BCUT2D eigenvalue weighted by Gasteiger charge is 2.14. The van der Waals surface area contributed by atoms with E-state index >= 15 is 0 Å². The Morgan fingerprint density at radius 1 is 1.33 bits per heavy atom. The second kappa shape index (κ2) is 7.63. The predicted octanol–water partition coefficient (Wildman–Crippen LogP) is 1.70. The number of hydrogen-bond donors (Lipinski definition) is 2. The molecule has 128 valence electrons. The number of hydrogen-bond acceptors (Lipinski definition) is 5. The molecule has 0 saturated carbocycles. The zero-order valence-corrected chi connectivity index (χ0v) is 13.9. The molecule has 0 unspecified atom stereocenters. The molecule has 1 aromatic carbocycles. The Balaban J connectivity index is 2.47. The van der Waals surface area contributed by atoms with Gasteiger partial charge in [-0.2, -0.15) is 0 Å². The normalized spacial score (nSPS) is 12.5. The molecule has 0 saturated heterocycles. The average molecular weight is 331 g/mol. The van der Waals surface area contributed by atoms with Gasteiger partial charge in [0.15, 0.2) is 0 Å². The van der Waals surface area contributed by atoms with Gasteiger partial charge in [-0.1, -0.05) is 20.3 Å². The number of nitrogens with zero attached hydrogens (tertiary/aromatic N) is 2. The first-order valence-electron chi connectivity index (χ1n) is 7.70. The van der Waals surface area contributed by atoms with Crippen molar-refractivity contribution in [2.24, 2.45) is 10.9 Å². The van der Waals surface area contributed by atoms with Crippen molar-refractivity contribution in [3.05, 3.63) is 50.7 Å². The molecule has 0 radical (unpaired) electrons. The molecule has 1 heterocycles. The van der Waals surface area contributed by atoms with Crippen LogP contribution in [-0.2, 0) is 0 Å². The highest BCUT2D eigenvalue weighted by Crippen LogP contribution is 2.18. The van der Waals surface area contributed by atoms with Gasteiger partial charge in [0.1, 0.15) is 11.3 Å². The van der Waals surface area contributed by atoms with Crippen LogP contribution in [0.3, 0.4) is 0 Å². The Morgan fingerprint density at radius 3 is 2.58 bits per heavy atom. The molecule has 1 atom stereocenters. The van der Waals surface area contributed by atoms with Crippen LogP contribution in [0.1, 0.15) is 25.8 Å². The number of aromatic amines is 1. The Hall–Kier alpha value is -2.83. The molecule has 0 fully saturated rings. The SMILES string of the molecule is CC[C@@H](C)CN=Cc1c(O)n(-c2ccc(OC)cc2)c(=O)[nH]c1=O. The Labute approximate surface area is 139 Å². The molecule has 0 aliphatic carbocycles. The van der Waals surface area contributed by atoms with Crippen LogP contribution in [0.4, 0.5) is 0 Å². The molecule has 24 heavy (non-hydrogen) atoms. The molecular weight excluding hydrogens is 310 g/mol. The summed E-state index contributed by atoms with van der Waals surface area (Å²) in [5.41, 5.74) is -1.03. The standard InChI is InChI=1S/C17H21N3O4/c1-4-11(2)9-18-10-14-15(21)19-17(23)20(16(14)22)12-5-7-13(24-3)8-6-12/h5-8,10-11,22H,4,9H2,1-3H3,(H,19,21,23)/t11-/m1/s1. The molecule has 0 aliphatic heterocycles. The van der Waals surface area contributed by atoms with Crippen molar-refractivity contribution in [2.75, 3.05) is 13.7 Å². The summed E-state index contributed by atoms with van der Waals surface area (Å²) in [7, 11) is 1.53. The van der Waals surface area contributed by atoms with Gasteiger partial charge in [-0.3, -0.25) is 14.8 Å². The fourth-order valence-electron chi connectivity index (χ4n) is 2.08. The van der Waals surface area contributed by atoms with E-state index in [9.17, 15) is 14.7 Å². The second-order valence-corrected chi connectivity index (χ2v) is 5.54. The Kier molecular flexibility index (Phi) is 5.57. The lowest BCUT2D eigenvalue weighted by Gasteiger charge is -2.10. The Morgan fingerprint density at radius 2 is 2.00 bits per heavy atom. The van der Waals surface area contributed by atoms with Crippen LogP contribution >= 0.6 is 0 Å². The third-order valence-electron chi connectivity index (χ3n) is 3.79. The lowest BCUT2D eigenvalue weighted by atomic mass is 10.1. The van der Waals surface area contributed by atoms with E-state index in [1.165, 1.54) is 13.3 Å². The van der Waals surface area contributed by atoms with Crippen LogP contribution in [0.25, 0.3) is 5.69 Å². The summed E-state index contributed by atoms with van der Waals surface area (Å²) in [5.74, 6) is 0.544. The van der Waals surface area contributed by atoms with Gasteiger partial charge in [0.2, 0.25) is 5.88 Å². The smallest absolute Gasteiger partial charge is 0.335 e. The molecule has 2 N–H and O–H groups in total. The lowest BCUT2D eigenvalue weighted by molar-refractivity contribution is 0.414. The number of rotatable bonds is 6. The minimum Gasteiger partial charge on any atom is -0.497 e. The van der Waals surface area contributed by atoms with Crippen molar-refractivity contribution in [1.82, 2.24) is 9.55 Å². The molecular formula is C17H21N3O4. The first kappa shape index (κ1) is 17.5. The summed E-state index contributed by atoms with van der Waals surface area (Å²) < 4.78 is 6.08. The highest BCUT2D eigenvalue weighted by molar-refractivity contribution is 5.82. The Bertz CT molecular complexity index is 834. The van der Waals surface area contributed by atoms with Crippen molar-refractivity contribution in [2.45, 2.75) is 20.3 Å². The lowest BCUT2D eigenvalue weighted by Crippen LogP contribution is -2.31. The van der Waals surface area contributed by atoms with Crippen LogP contribution in [-0.4, -0.2) is 34.5 Å². The minimum absolute atomic E-state index is 0.0475. The summed E-state index contributed by atoms with van der Waals surface area (Å²) >= 11 is 0. The van der Waals surface area contributed by atoms with Crippen LogP contribution in [0, 0.1) is 5.92 Å². The van der Waals surface area contributed by atoms with E-state index in [2.05, 4.69) is 9.98 Å². The summed E-state index contributed by atoms with van der Waals surface area (Å²) in [4.78, 5) is 30.4. The van der Waals surface area contributed by atoms with E-state index in [0.29, 0.717) is 23.9 Å². The molecule has 2 rings (SSSR count). The number of aromatic hydroxyl groups is 1. The van der Waals surface area contributed by atoms with Crippen LogP contribution < -0.4 is 16.0 Å². The van der Waals surface area contributed by atoms with Gasteiger partial charge in [0.05, 0.1) is 12.8 Å². The molecule has 2 aromatic rings. The summed E-state index contributed by atoms with van der Waals surface area (Å²) in [6.07, 6.45) is 2.27. The maximum Gasteiger partial charge on any atom is 0.335 e. The van der Waals surface area contributed by atoms with Gasteiger partial charge >= 0.3 is 5.69 Å². The maximum absolute atomic E-state index is 12.1. The zero-order chi connectivity index (χ0) is 17.7.